The number of ether oxygens (including phenoxy) is 2. The summed E-state index contributed by atoms with van der Waals surface area (Å²) < 4.78 is 25.4. The number of nitrogens with zero attached hydrogens (tertiary/aromatic N) is 4. The predicted octanol–water partition coefficient (Wildman–Crippen LogP) is 3.89. The van der Waals surface area contributed by atoms with Gasteiger partial charge in [0.15, 0.2) is 17.3 Å². The Bertz CT molecular complexity index is 1130. The zero-order chi connectivity index (χ0) is 17.5. The Morgan fingerprint density at radius 3 is 2.73 bits per heavy atom. The van der Waals surface area contributed by atoms with Crippen molar-refractivity contribution in [2.45, 2.75) is 0 Å². The van der Waals surface area contributed by atoms with Gasteiger partial charge in [-0.25, -0.2) is 4.39 Å². The average molecular weight is 366 g/mol. The maximum atomic E-state index is 13.0. The fourth-order valence-corrected chi connectivity index (χ4v) is 3.40. The van der Waals surface area contributed by atoms with Crippen LogP contribution in [0, 0.1) is 5.82 Å². The Hall–Kier alpha value is -3.26. The molecule has 0 amide bonds. The lowest BCUT2D eigenvalue weighted by Gasteiger charge is -1.99. The minimum atomic E-state index is -0.255. The van der Waals surface area contributed by atoms with Crippen molar-refractivity contribution in [2.24, 2.45) is 0 Å². The van der Waals surface area contributed by atoms with E-state index in [1.165, 1.54) is 23.5 Å². The minimum absolute atomic E-state index is 0.225. The summed E-state index contributed by atoms with van der Waals surface area (Å²) in [6.07, 6.45) is 3.75. The van der Waals surface area contributed by atoms with Gasteiger partial charge in [0, 0.05) is 5.56 Å². The molecule has 0 spiro atoms. The zero-order valence-corrected chi connectivity index (χ0v) is 14.1. The van der Waals surface area contributed by atoms with Crippen LogP contribution in [0.25, 0.3) is 28.5 Å². The van der Waals surface area contributed by atoms with Crippen LogP contribution in [0.1, 0.15) is 10.6 Å². The number of rotatable bonds is 3. The van der Waals surface area contributed by atoms with Gasteiger partial charge in [-0.3, -0.25) is 0 Å². The number of halogens is 1. The highest BCUT2D eigenvalue weighted by atomic mass is 32.1. The zero-order valence-electron chi connectivity index (χ0n) is 13.3. The molecule has 4 aromatic rings. The number of hydrogen-bond donors (Lipinski definition) is 0. The first kappa shape index (κ1) is 15.0. The van der Waals surface area contributed by atoms with Crippen LogP contribution in [0.3, 0.4) is 0 Å². The first-order chi connectivity index (χ1) is 12.8. The molecule has 1 aliphatic heterocycles. The number of aromatic nitrogens is 4. The van der Waals surface area contributed by atoms with Crippen LogP contribution in [0.5, 0.6) is 11.5 Å². The molecule has 0 bridgehead atoms. The molecule has 3 heterocycles. The van der Waals surface area contributed by atoms with Crippen LogP contribution in [0.15, 0.2) is 42.5 Å². The van der Waals surface area contributed by atoms with Gasteiger partial charge in [0.05, 0.1) is 0 Å². The van der Waals surface area contributed by atoms with E-state index in [0.29, 0.717) is 16.5 Å². The Morgan fingerprint density at radius 1 is 1.00 bits per heavy atom. The van der Waals surface area contributed by atoms with Crippen LogP contribution >= 0.6 is 11.3 Å². The van der Waals surface area contributed by atoms with E-state index in [4.69, 9.17) is 9.47 Å². The van der Waals surface area contributed by atoms with E-state index in [2.05, 4.69) is 15.3 Å². The molecule has 0 atom stereocenters. The first-order valence-corrected chi connectivity index (χ1v) is 8.64. The third kappa shape index (κ3) is 2.60. The van der Waals surface area contributed by atoms with E-state index in [1.807, 2.05) is 30.4 Å². The van der Waals surface area contributed by atoms with E-state index in [-0.39, 0.29) is 12.6 Å². The molecule has 26 heavy (non-hydrogen) atoms. The lowest BCUT2D eigenvalue weighted by Crippen LogP contribution is -1.93. The molecule has 1 aliphatic rings. The van der Waals surface area contributed by atoms with Crippen molar-refractivity contribution in [2.75, 3.05) is 6.79 Å². The van der Waals surface area contributed by atoms with Gasteiger partial charge >= 0.3 is 0 Å². The molecular formula is C18H11FN4O2S. The minimum Gasteiger partial charge on any atom is -0.454 e. The van der Waals surface area contributed by atoms with Crippen molar-refractivity contribution in [3.8, 4) is 22.9 Å². The highest BCUT2D eigenvalue weighted by Crippen LogP contribution is 2.35. The Morgan fingerprint density at radius 2 is 1.85 bits per heavy atom. The van der Waals surface area contributed by atoms with Gasteiger partial charge in [0.2, 0.25) is 11.8 Å². The summed E-state index contributed by atoms with van der Waals surface area (Å²) in [6, 6.07) is 11.9. The van der Waals surface area contributed by atoms with Crippen molar-refractivity contribution < 1.29 is 13.9 Å². The smallest absolute Gasteiger partial charge is 0.235 e. The summed E-state index contributed by atoms with van der Waals surface area (Å²) in [5.41, 5.74) is 1.74. The van der Waals surface area contributed by atoms with Crippen molar-refractivity contribution in [3.05, 3.63) is 58.9 Å². The van der Waals surface area contributed by atoms with Crippen LogP contribution in [-0.4, -0.2) is 26.6 Å². The molecule has 5 rings (SSSR count). The van der Waals surface area contributed by atoms with Crippen LogP contribution < -0.4 is 9.47 Å². The third-order valence-electron chi connectivity index (χ3n) is 3.93. The third-order valence-corrected chi connectivity index (χ3v) is 4.79. The van der Waals surface area contributed by atoms with Gasteiger partial charge < -0.3 is 9.47 Å². The molecule has 128 valence electrons. The number of hydrogen-bond acceptors (Lipinski definition) is 6. The monoisotopic (exact) mass is 366 g/mol. The summed E-state index contributed by atoms with van der Waals surface area (Å²) >= 11 is 1.42. The fourth-order valence-electron chi connectivity index (χ4n) is 2.66. The van der Waals surface area contributed by atoms with Gasteiger partial charge in [-0.05, 0) is 42.0 Å². The molecule has 0 fully saturated rings. The van der Waals surface area contributed by atoms with Crippen LogP contribution in [0.2, 0.25) is 0 Å². The number of benzene rings is 2. The molecule has 8 heteroatoms. The molecule has 6 nitrogen and oxygen atoms in total. The Labute approximate surface area is 151 Å². The largest absolute Gasteiger partial charge is 0.454 e. The summed E-state index contributed by atoms with van der Waals surface area (Å²) in [4.78, 5) is 0.691. The predicted molar refractivity (Wildman–Crippen MR) is 95.5 cm³/mol. The lowest BCUT2D eigenvalue weighted by molar-refractivity contribution is 0.174. The van der Waals surface area contributed by atoms with E-state index in [0.717, 1.165) is 21.9 Å². The average Bonchev–Trinajstić information content (AvgIpc) is 3.35. The second-order valence-corrected chi connectivity index (χ2v) is 6.60. The number of fused-ring (bicyclic) bond motifs is 2. The van der Waals surface area contributed by atoms with Crippen molar-refractivity contribution >= 4 is 28.4 Å². The molecule has 0 radical (unpaired) electrons. The quantitative estimate of drug-likeness (QED) is 0.550. The van der Waals surface area contributed by atoms with Crippen molar-refractivity contribution in [1.82, 2.24) is 19.8 Å². The molecule has 0 saturated heterocycles. The van der Waals surface area contributed by atoms with Gasteiger partial charge in [0.1, 0.15) is 10.8 Å². The van der Waals surface area contributed by atoms with Crippen molar-refractivity contribution in [1.29, 1.82) is 0 Å². The normalized spacial score (nSPS) is 13.1. The van der Waals surface area contributed by atoms with Gasteiger partial charge in [0.25, 0.3) is 0 Å². The van der Waals surface area contributed by atoms with Crippen molar-refractivity contribution in [3.63, 3.8) is 0 Å². The molecule has 0 N–H and O–H groups in total. The second-order valence-electron chi connectivity index (χ2n) is 5.61. The Balaban J connectivity index is 1.48. The molecule has 0 aliphatic carbocycles. The standard InChI is InChI=1S/C18H11FN4O2S/c19-13-5-1-11(2-6-13)3-8-16-22-23-17(20-21-18(23)26-16)12-4-7-14-15(9-12)25-10-24-14/h1-9H,10H2. The van der Waals surface area contributed by atoms with Gasteiger partial charge in [-0.2, -0.15) is 9.61 Å². The SMILES string of the molecule is Fc1ccc(C=Cc2nn3c(-c4ccc5c(c4)OCO5)nnc3s2)cc1. The van der Waals surface area contributed by atoms with E-state index < -0.39 is 0 Å². The van der Waals surface area contributed by atoms with Gasteiger partial charge in [-0.15, -0.1) is 10.2 Å². The summed E-state index contributed by atoms with van der Waals surface area (Å²) in [5, 5.41) is 13.7. The topological polar surface area (TPSA) is 61.5 Å². The first-order valence-electron chi connectivity index (χ1n) is 7.82. The highest BCUT2D eigenvalue weighted by molar-refractivity contribution is 7.17. The summed E-state index contributed by atoms with van der Waals surface area (Å²) in [7, 11) is 0. The van der Waals surface area contributed by atoms with E-state index in [1.54, 1.807) is 16.6 Å². The Kier molecular flexibility index (Phi) is 3.42. The molecular weight excluding hydrogens is 355 g/mol. The molecule has 0 saturated carbocycles. The second kappa shape index (κ2) is 5.92. The van der Waals surface area contributed by atoms with E-state index >= 15 is 0 Å². The molecule has 0 unspecified atom stereocenters. The highest BCUT2D eigenvalue weighted by Gasteiger charge is 2.18. The summed E-state index contributed by atoms with van der Waals surface area (Å²) in [5.74, 6) is 1.78. The van der Waals surface area contributed by atoms with Crippen LogP contribution in [-0.2, 0) is 0 Å². The van der Waals surface area contributed by atoms with Gasteiger partial charge in [-0.1, -0.05) is 29.5 Å². The lowest BCUT2D eigenvalue weighted by atomic mass is 10.2. The van der Waals surface area contributed by atoms with E-state index in [9.17, 15) is 4.39 Å². The van der Waals surface area contributed by atoms with Crippen LogP contribution in [0.4, 0.5) is 4.39 Å². The molecule has 2 aromatic heterocycles. The molecule has 2 aromatic carbocycles. The maximum Gasteiger partial charge on any atom is 0.235 e. The maximum absolute atomic E-state index is 13.0. The summed E-state index contributed by atoms with van der Waals surface area (Å²) in [6.45, 7) is 0.225. The fraction of sp³-hybridized carbons (Fsp3) is 0.0556.